The van der Waals surface area contributed by atoms with Crippen LogP contribution in [0.4, 0.5) is 0 Å². The first-order valence-electron chi connectivity index (χ1n) is 14.3. The van der Waals surface area contributed by atoms with E-state index in [1.54, 1.807) is 20.3 Å². The van der Waals surface area contributed by atoms with Gasteiger partial charge in [0.25, 0.3) is 5.91 Å². The van der Waals surface area contributed by atoms with Crippen LogP contribution in [0, 0.1) is 11.8 Å². The second-order valence-corrected chi connectivity index (χ2v) is 10.3. The number of aliphatic carboxylic acids is 1. The predicted octanol–water partition coefficient (Wildman–Crippen LogP) is 4.91. The van der Waals surface area contributed by atoms with Crippen molar-refractivity contribution in [3.05, 3.63) is 30.0 Å². The Hall–Kier alpha value is -3.56. The highest BCUT2D eigenvalue weighted by molar-refractivity contribution is 5.94. The van der Waals surface area contributed by atoms with Crippen molar-refractivity contribution >= 4 is 17.8 Å². The van der Waals surface area contributed by atoms with E-state index in [1.807, 2.05) is 50.6 Å². The fourth-order valence-corrected chi connectivity index (χ4v) is 5.08. The highest BCUT2D eigenvalue weighted by atomic mass is 16.5. The highest BCUT2D eigenvalue weighted by Crippen LogP contribution is 2.39. The number of ether oxygens (including phenoxy) is 2. The van der Waals surface area contributed by atoms with Crippen molar-refractivity contribution in [2.75, 3.05) is 20.8 Å². The molecule has 2 aromatic rings. The lowest BCUT2D eigenvalue weighted by atomic mass is 9.89. The Morgan fingerprint density at radius 1 is 1.07 bits per heavy atom. The van der Waals surface area contributed by atoms with Crippen LogP contribution in [-0.2, 0) is 16.1 Å². The van der Waals surface area contributed by atoms with Crippen LogP contribution in [-0.4, -0.2) is 59.5 Å². The van der Waals surface area contributed by atoms with Crippen LogP contribution < -0.4 is 20.1 Å². The van der Waals surface area contributed by atoms with Gasteiger partial charge in [-0.1, -0.05) is 53.0 Å². The predicted molar refractivity (Wildman–Crippen MR) is 155 cm³/mol. The van der Waals surface area contributed by atoms with Crippen LogP contribution in [0.15, 0.2) is 24.3 Å². The second-order valence-electron chi connectivity index (χ2n) is 10.3. The molecule has 0 aliphatic heterocycles. The number of nitrogens with zero attached hydrogens (tertiary/aromatic N) is 2. The molecule has 1 aromatic carbocycles. The number of carboxylic acids is 1. The molecule has 1 aromatic heterocycles. The molecule has 0 saturated heterocycles. The number of carbonyl (C=O) groups is 3. The lowest BCUT2D eigenvalue weighted by molar-refractivity contribution is -0.138. The number of carboxylic acid groups (broad SMARTS) is 1. The van der Waals surface area contributed by atoms with Crippen molar-refractivity contribution in [1.82, 2.24) is 20.4 Å². The molecule has 1 atom stereocenters. The third-order valence-electron chi connectivity index (χ3n) is 6.81. The summed E-state index contributed by atoms with van der Waals surface area (Å²) in [4.78, 5) is 36.5. The van der Waals surface area contributed by atoms with Crippen molar-refractivity contribution in [2.24, 2.45) is 11.8 Å². The molecule has 1 unspecified atom stereocenters. The van der Waals surface area contributed by atoms with Crippen molar-refractivity contribution in [3.63, 3.8) is 0 Å². The maximum Gasteiger partial charge on any atom is 0.322 e. The standard InChI is InChI=1S/C28H40N4O6.C2H6/c1-18(2)13-20(14-25(33)29-16-26(34)35)30-28(36)21-15-22(27-23(37-3)11-8-12-24(27)38-4)32(31-21)17-19-9-6-5-7-10-19;1-2/h8,11-12,15,18-20H,5-7,9-10,13-14,16-17H2,1-4H3,(H,29,33)(H,30,36)(H,34,35);1-2H3. The summed E-state index contributed by atoms with van der Waals surface area (Å²) >= 11 is 0. The quantitative estimate of drug-likeness (QED) is 0.318. The Morgan fingerprint density at radius 3 is 2.25 bits per heavy atom. The number of rotatable bonds is 13. The molecule has 222 valence electrons. The van der Waals surface area contributed by atoms with E-state index in [0.29, 0.717) is 30.4 Å². The molecular weight excluding hydrogens is 512 g/mol. The molecule has 0 radical (unpaired) electrons. The average molecular weight is 559 g/mol. The Morgan fingerprint density at radius 2 is 1.70 bits per heavy atom. The van der Waals surface area contributed by atoms with Gasteiger partial charge in [-0.25, -0.2) is 0 Å². The lowest BCUT2D eigenvalue weighted by Gasteiger charge is -2.23. The summed E-state index contributed by atoms with van der Waals surface area (Å²) in [6.45, 7) is 8.21. The molecule has 1 aliphatic carbocycles. The number of methoxy groups -OCH3 is 2. The van der Waals surface area contributed by atoms with Crippen LogP contribution in [0.1, 0.15) is 83.1 Å². The molecular formula is C30H46N4O6. The van der Waals surface area contributed by atoms with Crippen molar-refractivity contribution in [2.45, 2.75) is 85.2 Å². The van der Waals surface area contributed by atoms with E-state index in [-0.39, 0.29) is 23.9 Å². The molecule has 0 bridgehead atoms. The number of carbonyl (C=O) groups excluding carboxylic acids is 2. The molecule has 10 nitrogen and oxygen atoms in total. The van der Waals surface area contributed by atoms with Crippen LogP contribution >= 0.6 is 0 Å². The molecule has 1 heterocycles. The number of benzene rings is 1. The maximum atomic E-state index is 13.4. The van der Waals surface area contributed by atoms with E-state index >= 15 is 0 Å². The van der Waals surface area contributed by atoms with Crippen LogP contribution in [0.25, 0.3) is 11.3 Å². The van der Waals surface area contributed by atoms with E-state index in [1.165, 1.54) is 19.3 Å². The second kappa shape index (κ2) is 16.5. The molecule has 3 rings (SSSR count). The first-order chi connectivity index (χ1) is 19.2. The third kappa shape index (κ3) is 9.57. The van der Waals surface area contributed by atoms with Gasteiger partial charge in [0.2, 0.25) is 5.91 Å². The molecule has 2 amide bonds. The van der Waals surface area contributed by atoms with Gasteiger partial charge in [-0.2, -0.15) is 5.10 Å². The molecule has 10 heteroatoms. The van der Waals surface area contributed by atoms with Gasteiger partial charge >= 0.3 is 5.97 Å². The average Bonchev–Trinajstić information content (AvgIpc) is 3.36. The van der Waals surface area contributed by atoms with Crippen molar-refractivity contribution in [1.29, 1.82) is 0 Å². The largest absolute Gasteiger partial charge is 0.496 e. The van der Waals surface area contributed by atoms with Gasteiger partial charge in [-0.15, -0.1) is 0 Å². The van der Waals surface area contributed by atoms with Gasteiger partial charge in [0.05, 0.1) is 25.5 Å². The molecule has 1 fully saturated rings. The summed E-state index contributed by atoms with van der Waals surface area (Å²) in [5, 5.41) is 18.9. The first kappa shape index (κ1) is 32.7. The molecule has 3 N–H and O–H groups in total. The zero-order valence-corrected chi connectivity index (χ0v) is 24.8. The van der Waals surface area contributed by atoms with E-state index in [0.717, 1.165) is 24.1 Å². The van der Waals surface area contributed by atoms with Gasteiger partial charge in [-0.3, -0.25) is 19.1 Å². The minimum absolute atomic E-state index is 0.0207. The first-order valence-corrected chi connectivity index (χ1v) is 14.3. The Kier molecular flexibility index (Phi) is 13.5. The maximum absolute atomic E-state index is 13.4. The summed E-state index contributed by atoms with van der Waals surface area (Å²) in [7, 11) is 3.19. The third-order valence-corrected chi connectivity index (χ3v) is 6.81. The monoisotopic (exact) mass is 558 g/mol. The fraction of sp³-hybridized carbons (Fsp3) is 0.600. The van der Waals surface area contributed by atoms with E-state index in [2.05, 4.69) is 10.6 Å². The summed E-state index contributed by atoms with van der Waals surface area (Å²) in [5.41, 5.74) is 1.70. The smallest absolute Gasteiger partial charge is 0.322 e. The lowest BCUT2D eigenvalue weighted by Crippen LogP contribution is -2.41. The highest BCUT2D eigenvalue weighted by Gasteiger charge is 2.26. The number of nitrogens with one attached hydrogen (secondary N) is 2. The number of aromatic nitrogens is 2. The summed E-state index contributed by atoms with van der Waals surface area (Å²) < 4.78 is 13.2. The van der Waals surface area contributed by atoms with Crippen LogP contribution in [0.3, 0.4) is 0 Å². The Balaban J connectivity index is 0.00000274. The van der Waals surface area contributed by atoms with Gasteiger partial charge in [0.1, 0.15) is 18.0 Å². The van der Waals surface area contributed by atoms with E-state index < -0.39 is 24.5 Å². The Bertz CT molecular complexity index is 1090. The van der Waals surface area contributed by atoms with Crippen LogP contribution in [0.2, 0.25) is 0 Å². The number of amides is 2. The molecule has 0 spiro atoms. The number of hydrogen-bond acceptors (Lipinski definition) is 6. The SMILES string of the molecule is CC.COc1cccc(OC)c1-c1cc(C(=O)NC(CC(=O)NCC(=O)O)CC(C)C)nn1CC1CCCCC1. The molecule has 40 heavy (non-hydrogen) atoms. The summed E-state index contributed by atoms with van der Waals surface area (Å²) in [6, 6.07) is 6.83. The van der Waals surface area contributed by atoms with Gasteiger partial charge in [0.15, 0.2) is 5.69 Å². The summed E-state index contributed by atoms with van der Waals surface area (Å²) in [6.07, 6.45) is 6.39. The topological polar surface area (TPSA) is 132 Å². The summed E-state index contributed by atoms with van der Waals surface area (Å²) in [5.74, 6) is -0.0244. The minimum atomic E-state index is -1.12. The van der Waals surface area contributed by atoms with Crippen molar-refractivity contribution < 1.29 is 29.0 Å². The normalized spacial score (nSPS) is 14.1. The number of hydrogen-bond donors (Lipinski definition) is 3. The van der Waals surface area contributed by atoms with Gasteiger partial charge < -0.3 is 25.2 Å². The fourth-order valence-electron chi connectivity index (χ4n) is 5.08. The van der Waals surface area contributed by atoms with E-state index in [4.69, 9.17) is 19.7 Å². The van der Waals surface area contributed by atoms with Gasteiger partial charge in [0, 0.05) is 19.0 Å². The van der Waals surface area contributed by atoms with Gasteiger partial charge in [-0.05, 0) is 49.3 Å². The minimum Gasteiger partial charge on any atom is -0.496 e. The van der Waals surface area contributed by atoms with E-state index in [9.17, 15) is 14.4 Å². The zero-order chi connectivity index (χ0) is 29.7. The van der Waals surface area contributed by atoms with Crippen molar-refractivity contribution in [3.8, 4) is 22.8 Å². The Labute approximate surface area is 237 Å². The molecule has 1 aliphatic rings. The van der Waals surface area contributed by atoms with Crippen LogP contribution in [0.5, 0.6) is 11.5 Å². The zero-order valence-electron chi connectivity index (χ0n) is 24.8. The molecule has 1 saturated carbocycles.